The van der Waals surface area contributed by atoms with Crippen LogP contribution < -0.4 is 10.2 Å². The third-order valence-corrected chi connectivity index (χ3v) is 4.96. The highest BCUT2D eigenvalue weighted by molar-refractivity contribution is 5.54. The molecule has 2 aliphatic heterocycles. The molecule has 6 heteroatoms. The largest absolute Gasteiger partial charge is 0.355 e. The Labute approximate surface area is 136 Å². The fraction of sp³-hybridized carbons (Fsp3) is 0.588. The van der Waals surface area contributed by atoms with Gasteiger partial charge in [0, 0.05) is 30.9 Å². The van der Waals surface area contributed by atoms with Crippen LogP contribution in [0.25, 0.3) is 5.65 Å². The van der Waals surface area contributed by atoms with Crippen molar-refractivity contribution in [2.24, 2.45) is 5.92 Å². The van der Waals surface area contributed by atoms with E-state index < -0.39 is 0 Å². The lowest BCUT2D eigenvalue weighted by molar-refractivity contribution is 0.404. The molecular weight excluding hydrogens is 288 g/mol. The summed E-state index contributed by atoms with van der Waals surface area (Å²) < 4.78 is 1.89. The first kappa shape index (κ1) is 14.5. The zero-order valence-electron chi connectivity index (χ0n) is 13.5. The number of nitriles is 1. The minimum absolute atomic E-state index is 0.124. The van der Waals surface area contributed by atoms with E-state index in [0.717, 1.165) is 55.2 Å². The van der Waals surface area contributed by atoms with Gasteiger partial charge in [-0.25, -0.2) is 9.50 Å². The molecule has 2 aromatic heterocycles. The van der Waals surface area contributed by atoms with E-state index in [1.165, 1.54) is 12.8 Å². The second-order valence-corrected chi connectivity index (χ2v) is 6.68. The fourth-order valence-corrected chi connectivity index (χ4v) is 3.67. The maximum atomic E-state index is 9.10. The van der Waals surface area contributed by atoms with Gasteiger partial charge in [-0.1, -0.05) is 6.42 Å². The Morgan fingerprint density at radius 1 is 1.35 bits per heavy atom. The summed E-state index contributed by atoms with van der Waals surface area (Å²) in [5.74, 6) is 1.12. The van der Waals surface area contributed by atoms with Gasteiger partial charge in [-0.3, -0.25) is 0 Å². The monoisotopic (exact) mass is 310 g/mol. The molecule has 2 aromatic rings. The highest BCUT2D eigenvalue weighted by atomic mass is 15.3. The molecule has 4 rings (SSSR count). The van der Waals surface area contributed by atoms with Gasteiger partial charge in [0.1, 0.15) is 5.82 Å². The number of piperidine rings is 1. The van der Waals surface area contributed by atoms with E-state index >= 15 is 0 Å². The number of aromatic nitrogens is 3. The van der Waals surface area contributed by atoms with Gasteiger partial charge in [0.2, 0.25) is 0 Å². The maximum absolute atomic E-state index is 9.10. The van der Waals surface area contributed by atoms with E-state index in [-0.39, 0.29) is 5.92 Å². The van der Waals surface area contributed by atoms with Gasteiger partial charge in [-0.2, -0.15) is 10.4 Å². The van der Waals surface area contributed by atoms with Crippen molar-refractivity contribution in [2.75, 3.05) is 24.5 Å². The second kappa shape index (κ2) is 5.82. The zero-order valence-corrected chi connectivity index (χ0v) is 13.5. The Morgan fingerprint density at radius 3 is 3.00 bits per heavy atom. The average Bonchev–Trinajstić information content (AvgIpc) is 3.21. The minimum atomic E-state index is 0.124. The van der Waals surface area contributed by atoms with Crippen molar-refractivity contribution in [3.05, 3.63) is 23.5 Å². The topological polar surface area (TPSA) is 69.2 Å². The van der Waals surface area contributed by atoms with Crippen LogP contribution in [-0.4, -0.2) is 34.2 Å². The van der Waals surface area contributed by atoms with Gasteiger partial charge in [0.15, 0.2) is 5.65 Å². The normalized spacial score (nSPS) is 25.0. The molecule has 1 N–H and O–H groups in total. The van der Waals surface area contributed by atoms with Crippen LogP contribution in [0.2, 0.25) is 0 Å². The predicted octanol–water partition coefficient (Wildman–Crippen LogP) is 2.20. The van der Waals surface area contributed by atoms with E-state index in [1.807, 2.05) is 4.52 Å². The number of hydrogen-bond donors (Lipinski definition) is 1. The number of rotatable bonds is 2. The van der Waals surface area contributed by atoms with Crippen LogP contribution in [0.4, 0.5) is 5.82 Å². The summed E-state index contributed by atoms with van der Waals surface area (Å²) in [5, 5.41) is 17.4. The highest BCUT2D eigenvalue weighted by Crippen LogP contribution is 2.27. The predicted molar refractivity (Wildman–Crippen MR) is 88.3 cm³/mol. The van der Waals surface area contributed by atoms with Crippen molar-refractivity contribution in [3.63, 3.8) is 0 Å². The van der Waals surface area contributed by atoms with Crippen LogP contribution in [0.5, 0.6) is 0 Å². The summed E-state index contributed by atoms with van der Waals surface area (Å²) in [6.45, 7) is 4.83. The fourth-order valence-electron chi connectivity index (χ4n) is 3.67. The SMILES string of the molecule is Cc1cn2nc([C@@H]3CCCCN3)cc2nc1N1CCC(C#N)C1. The first-order valence-corrected chi connectivity index (χ1v) is 8.49. The Kier molecular flexibility index (Phi) is 3.66. The van der Waals surface area contributed by atoms with E-state index in [1.54, 1.807) is 0 Å². The lowest BCUT2D eigenvalue weighted by Crippen LogP contribution is -2.27. The molecule has 2 fully saturated rings. The summed E-state index contributed by atoms with van der Waals surface area (Å²) in [6, 6.07) is 4.82. The Balaban J connectivity index is 1.65. The van der Waals surface area contributed by atoms with Crippen molar-refractivity contribution in [1.82, 2.24) is 19.9 Å². The van der Waals surface area contributed by atoms with Gasteiger partial charge < -0.3 is 10.2 Å². The summed E-state index contributed by atoms with van der Waals surface area (Å²) in [5.41, 5.74) is 3.10. The number of aryl methyl sites for hydroxylation is 1. The van der Waals surface area contributed by atoms with E-state index in [9.17, 15) is 0 Å². The summed E-state index contributed by atoms with van der Waals surface area (Å²) in [6.07, 6.45) is 6.64. The van der Waals surface area contributed by atoms with Crippen molar-refractivity contribution in [1.29, 1.82) is 5.26 Å². The maximum Gasteiger partial charge on any atom is 0.157 e. The van der Waals surface area contributed by atoms with Crippen LogP contribution in [-0.2, 0) is 0 Å². The molecule has 0 aromatic carbocycles. The van der Waals surface area contributed by atoms with Gasteiger partial charge in [-0.05, 0) is 32.7 Å². The number of nitrogens with one attached hydrogen (secondary N) is 1. The van der Waals surface area contributed by atoms with E-state index in [0.29, 0.717) is 6.04 Å². The summed E-state index contributed by atoms with van der Waals surface area (Å²) in [7, 11) is 0. The molecule has 0 spiro atoms. The Bertz CT molecular complexity index is 752. The number of hydrogen-bond acceptors (Lipinski definition) is 5. The molecule has 4 heterocycles. The van der Waals surface area contributed by atoms with Crippen LogP contribution in [0, 0.1) is 24.2 Å². The van der Waals surface area contributed by atoms with Crippen LogP contribution in [0.15, 0.2) is 12.3 Å². The third kappa shape index (κ3) is 2.66. The van der Waals surface area contributed by atoms with Crippen molar-refractivity contribution >= 4 is 11.5 Å². The molecule has 2 saturated heterocycles. The van der Waals surface area contributed by atoms with Gasteiger partial charge in [-0.15, -0.1) is 0 Å². The molecular formula is C17H22N6. The first-order valence-electron chi connectivity index (χ1n) is 8.49. The highest BCUT2D eigenvalue weighted by Gasteiger charge is 2.25. The van der Waals surface area contributed by atoms with Crippen LogP contribution in [0.3, 0.4) is 0 Å². The number of fused-ring (bicyclic) bond motifs is 1. The third-order valence-electron chi connectivity index (χ3n) is 4.96. The van der Waals surface area contributed by atoms with Gasteiger partial charge >= 0.3 is 0 Å². The molecule has 23 heavy (non-hydrogen) atoms. The summed E-state index contributed by atoms with van der Waals surface area (Å²) in [4.78, 5) is 7.06. The molecule has 0 bridgehead atoms. The molecule has 1 unspecified atom stereocenters. The first-order chi connectivity index (χ1) is 11.2. The average molecular weight is 310 g/mol. The number of nitrogens with zero attached hydrogens (tertiary/aromatic N) is 5. The lowest BCUT2D eigenvalue weighted by atomic mass is 10.0. The molecule has 6 nitrogen and oxygen atoms in total. The summed E-state index contributed by atoms with van der Waals surface area (Å²) >= 11 is 0. The van der Waals surface area contributed by atoms with E-state index in [2.05, 4.69) is 35.5 Å². The quantitative estimate of drug-likeness (QED) is 0.921. The minimum Gasteiger partial charge on any atom is -0.355 e. The molecule has 0 aliphatic carbocycles. The van der Waals surface area contributed by atoms with Crippen molar-refractivity contribution < 1.29 is 0 Å². The molecule has 2 aliphatic rings. The molecule has 0 amide bonds. The van der Waals surface area contributed by atoms with Gasteiger partial charge in [0.05, 0.1) is 23.7 Å². The standard InChI is InChI=1S/C17H22N6/c1-12-10-23-16(8-15(21-23)14-4-2-3-6-19-14)20-17(12)22-7-5-13(9-18)11-22/h8,10,13-14,19H,2-7,11H2,1H3/t13?,14-/m0/s1. The molecule has 120 valence electrons. The zero-order chi connectivity index (χ0) is 15.8. The van der Waals surface area contributed by atoms with E-state index in [4.69, 9.17) is 15.3 Å². The molecule has 0 saturated carbocycles. The Morgan fingerprint density at radius 2 is 2.26 bits per heavy atom. The number of anilines is 1. The van der Waals surface area contributed by atoms with Crippen molar-refractivity contribution in [3.8, 4) is 6.07 Å². The van der Waals surface area contributed by atoms with Crippen molar-refractivity contribution in [2.45, 2.75) is 38.6 Å². The van der Waals surface area contributed by atoms with Crippen LogP contribution >= 0.6 is 0 Å². The van der Waals surface area contributed by atoms with Gasteiger partial charge in [0.25, 0.3) is 0 Å². The Hall–Kier alpha value is -2.13. The van der Waals surface area contributed by atoms with Crippen LogP contribution in [0.1, 0.15) is 43.0 Å². The molecule has 2 atom stereocenters. The molecule has 0 radical (unpaired) electrons. The smallest absolute Gasteiger partial charge is 0.157 e. The lowest BCUT2D eigenvalue weighted by Gasteiger charge is -2.21. The second-order valence-electron chi connectivity index (χ2n) is 6.68.